The number of ether oxygens (including phenoxy) is 2. The first kappa shape index (κ1) is 17.8. The minimum atomic E-state index is -0.325. The standard InChI is InChI=1S/C21H20N4O3/c1-3-14-4-6-15(7-5-14)24-20-11-17(22-13(2)23-20)21(26)25-16-8-9-18-19(10-16)28-12-27-18/h4-11H,3,12H2,1-2H3,(H,25,26)(H,22,23,24). The van der Waals surface area contributed by atoms with E-state index >= 15 is 0 Å². The molecule has 0 bridgehead atoms. The molecule has 7 nitrogen and oxygen atoms in total. The molecule has 0 atom stereocenters. The molecule has 28 heavy (non-hydrogen) atoms. The number of anilines is 3. The van der Waals surface area contributed by atoms with E-state index in [-0.39, 0.29) is 18.4 Å². The van der Waals surface area contributed by atoms with Crippen molar-refractivity contribution in [3.63, 3.8) is 0 Å². The third-order valence-electron chi connectivity index (χ3n) is 4.34. The van der Waals surface area contributed by atoms with Gasteiger partial charge in [-0.3, -0.25) is 4.79 Å². The SMILES string of the molecule is CCc1ccc(Nc2cc(C(=O)Nc3ccc4c(c3)OCO4)nc(C)n2)cc1. The highest BCUT2D eigenvalue weighted by Crippen LogP contribution is 2.34. The van der Waals surface area contributed by atoms with Crippen LogP contribution in [0.5, 0.6) is 11.5 Å². The molecular weight excluding hydrogens is 356 g/mol. The Kier molecular flexibility index (Phi) is 4.80. The molecule has 0 aliphatic carbocycles. The molecule has 0 fully saturated rings. The fraction of sp³-hybridized carbons (Fsp3) is 0.190. The summed E-state index contributed by atoms with van der Waals surface area (Å²) in [6, 6.07) is 15.0. The number of fused-ring (bicyclic) bond motifs is 1. The fourth-order valence-electron chi connectivity index (χ4n) is 2.89. The maximum atomic E-state index is 12.7. The van der Waals surface area contributed by atoms with Crippen LogP contribution in [0.3, 0.4) is 0 Å². The lowest BCUT2D eigenvalue weighted by Gasteiger charge is -2.10. The molecule has 1 aliphatic rings. The van der Waals surface area contributed by atoms with Crippen LogP contribution in [0, 0.1) is 6.92 Å². The second kappa shape index (κ2) is 7.56. The molecule has 0 spiro atoms. The number of carbonyl (C=O) groups excluding carboxylic acids is 1. The predicted molar refractivity (Wildman–Crippen MR) is 106 cm³/mol. The van der Waals surface area contributed by atoms with Gasteiger partial charge >= 0.3 is 0 Å². The molecular formula is C21H20N4O3. The summed E-state index contributed by atoms with van der Waals surface area (Å²) < 4.78 is 10.6. The fourth-order valence-corrected chi connectivity index (χ4v) is 2.89. The molecule has 0 radical (unpaired) electrons. The number of aromatic nitrogens is 2. The van der Waals surface area contributed by atoms with Crippen LogP contribution in [0.25, 0.3) is 0 Å². The minimum absolute atomic E-state index is 0.187. The number of aryl methyl sites for hydroxylation is 2. The Morgan fingerprint density at radius 2 is 1.75 bits per heavy atom. The van der Waals surface area contributed by atoms with Crippen molar-refractivity contribution >= 4 is 23.1 Å². The van der Waals surface area contributed by atoms with Crippen molar-refractivity contribution in [2.45, 2.75) is 20.3 Å². The minimum Gasteiger partial charge on any atom is -0.454 e. The Morgan fingerprint density at radius 3 is 2.54 bits per heavy atom. The maximum Gasteiger partial charge on any atom is 0.274 e. The van der Waals surface area contributed by atoms with E-state index in [0.717, 1.165) is 12.1 Å². The van der Waals surface area contributed by atoms with Gasteiger partial charge < -0.3 is 20.1 Å². The van der Waals surface area contributed by atoms with Crippen molar-refractivity contribution in [2.75, 3.05) is 17.4 Å². The van der Waals surface area contributed by atoms with Crippen molar-refractivity contribution in [3.05, 3.63) is 65.6 Å². The summed E-state index contributed by atoms with van der Waals surface area (Å²) in [5.41, 5.74) is 3.04. The Balaban J connectivity index is 1.51. The summed E-state index contributed by atoms with van der Waals surface area (Å²) in [6.07, 6.45) is 0.983. The van der Waals surface area contributed by atoms with Crippen molar-refractivity contribution < 1.29 is 14.3 Å². The third kappa shape index (κ3) is 3.88. The van der Waals surface area contributed by atoms with Crippen LogP contribution in [0.4, 0.5) is 17.2 Å². The molecule has 7 heteroatoms. The molecule has 2 aromatic carbocycles. The van der Waals surface area contributed by atoms with Crippen LogP contribution < -0.4 is 20.1 Å². The van der Waals surface area contributed by atoms with Crippen molar-refractivity contribution in [3.8, 4) is 11.5 Å². The molecule has 1 amide bonds. The van der Waals surface area contributed by atoms with E-state index in [1.807, 2.05) is 12.1 Å². The first-order chi connectivity index (χ1) is 13.6. The molecule has 4 rings (SSSR count). The topological polar surface area (TPSA) is 85.4 Å². The Labute approximate surface area is 162 Å². The molecule has 3 aromatic rings. The number of benzene rings is 2. The summed E-state index contributed by atoms with van der Waals surface area (Å²) in [5.74, 6) is 2.01. The number of nitrogens with one attached hydrogen (secondary N) is 2. The van der Waals surface area contributed by atoms with Gasteiger partial charge in [0, 0.05) is 23.5 Å². The van der Waals surface area contributed by atoms with Gasteiger partial charge in [0.15, 0.2) is 11.5 Å². The molecule has 0 saturated heterocycles. The summed E-state index contributed by atoms with van der Waals surface area (Å²) in [4.78, 5) is 21.3. The first-order valence-electron chi connectivity index (χ1n) is 9.03. The van der Waals surface area contributed by atoms with Crippen molar-refractivity contribution in [2.24, 2.45) is 0 Å². The van der Waals surface area contributed by atoms with Crippen molar-refractivity contribution in [1.29, 1.82) is 0 Å². The quantitative estimate of drug-likeness (QED) is 0.698. The van der Waals surface area contributed by atoms with Crippen LogP contribution in [-0.4, -0.2) is 22.7 Å². The van der Waals surface area contributed by atoms with Gasteiger partial charge in [0.2, 0.25) is 6.79 Å². The van der Waals surface area contributed by atoms with Crippen LogP contribution in [0.2, 0.25) is 0 Å². The lowest BCUT2D eigenvalue weighted by atomic mass is 10.1. The van der Waals surface area contributed by atoms with E-state index in [0.29, 0.717) is 28.8 Å². The molecule has 1 aliphatic heterocycles. The largest absolute Gasteiger partial charge is 0.454 e. The molecule has 0 saturated carbocycles. The summed E-state index contributed by atoms with van der Waals surface area (Å²) in [7, 11) is 0. The lowest BCUT2D eigenvalue weighted by molar-refractivity contribution is 0.102. The number of nitrogens with zero attached hydrogens (tertiary/aromatic N) is 2. The Morgan fingerprint density at radius 1 is 1.00 bits per heavy atom. The Hall–Kier alpha value is -3.61. The number of hydrogen-bond donors (Lipinski definition) is 2. The normalized spacial score (nSPS) is 11.9. The van der Waals surface area contributed by atoms with E-state index < -0.39 is 0 Å². The molecule has 2 heterocycles. The third-order valence-corrected chi connectivity index (χ3v) is 4.34. The van der Waals surface area contributed by atoms with E-state index in [4.69, 9.17) is 9.47 Å². The number of carbonyl (C=O) groups is 1. The molecule has 1 aromatic heterocycles. The Bertz CT molecular complexity index is 1020. The van der Waals surface area contributed by atoms with Crippen molar-refractivity contribution in [1.82, 2.24) is 9.97 Å². The second-order valence-corrected chi connectivity index (χ2v) is 6.38. The average molecular weight is 376 g/mol. The van der Waals surface area contributed by atoms with E-state index in [9.17, 15) is 4.79 Å². The van der Waals surface area contributed by atoms with Gasteiger partial charge in [-0.05, 0) is 43.2 Å². The highest BCUT2D eigenvalue weighted by molar-refractivity contribution is 6.03. The van der Waals surface area contributed by atoms with E-state index in [1.54, 1.807) is 31.2 Å². The van der Waals surface area contributed by atoms with Crippen LogP contribution >= 0.6 is 0 Å². The smallest absolute Gasteiger partial charge is 0.274 e. The predicted octanol–water partition coefficient (Wildman–Crippen LogP) is 4.07. The van der Waals surface area contributed by atoms with E-state index in [2.05, 4.69) is 39.7 Å². The monoisotopic (exact) mass is 376 g/mol. The first-order valence-corrected chi connectivity index (χ1v) is 9.03. The zero-order valence-corrected chi connectivity index (χ0v) is 15.7. The van der Waals surface area contributed by atoms with Gasteiger partial charge in [0.25, 0.3) is 5.91 Å². The van der Waals surface area contributed by atoms with E-state index in [1.165, 1.54) is 5.56 Å². The summed E-state index contributed by atoms with van der Waals surface area (Å²) in [6.45, 7) is 4.05. The molecule has 0 unspecified atom stereocenters. The van der Waals surface area contributed by atoms with Gasteiger partial charge in [-0.1, -0.05) is 19.1 Å². The highest BCUT2D eigenvalue weighted by Gasteiger charge is 2.16. The van der Waals surface area contributed by atoms with Crippen LogP contribution in [-0.2, 0) is 6.42 Å². The van der Waals surface area contributed by atoms with Gasteiger partial charge in [-0.15, -0.1) is 0 Å². The number of amides is 1. The summed E-state index contributed by atoms with van der Waals surface area (Å²) in [5, 5.41) is 6.05. The summed E-state index contributed by atoms with van der Waals surface area (Å²) >= 11 is 0. The van der Waals surface area contributed by atoms with Gasteiger partial charge in [0.1, 0.15) is 17.3 Å². The second-order valence-electron chi connectivity index (χ2n) is 6.38. The lowest BCUT2D eigenvalue weighted by Crippen LogP contribution is -2.15. The van der Waals surface area contributed by atoms with Crippen LogP contribution in [0.1, 0.15) is 28.8 Å². The number of rotatable bonds is 5. The molecule has 142 valence electrons. The van der Waals surface area contributed by atoms with Crippen LogP contribution in [0.15, 0.2) is 48.5 Å². The maximum absolute atomic E-state index is 12.7. The van der Waals surface area contributed by atoms with Gasteiger partial charge in [-0.2, -0.15) is 0 Å². The average Bonchev–Trinajstić information content (AvgIpc) is 3.16. The highest BCUT2D eigenvalue weighted by atomic mass is 16.7. The van der Waals surface area contributed by atoms with Gasteiger partial charge in [0.05, 0.1) is 0 Å². The molecule has 2 N–H and O–H groups in total. The zero-order valence-electron chi connectivity index (χ0n) is 15.7. The van der Waals surface area contributed by atoms with Gasteiger partial charge in [-0.25, -0.2) is 9.97 Å². The number of hydrogen-bond acceptors (Lipinski definition) is 6. The zero-order chi connectivity index (χ0) is 19.5.